The molecule has 134 valence electrons. The maximum atomic E-state index is 10.6. The number of aromatic nitrogens is 4. The topological polar surface area (TPSA) is 101 Å². The minimum absolute atomic E-state index is 0.0502. The van der Waals surface area contributed by atoms with Crippen LogP contribution in [-0.2, 0) is 0 Å². The van der Waals surface area contributed by atoms with Crippen LogP contribution in [-0.4, -0.2) is 31.2 Å². The molecule has 9 heteroatoms. The Bertz CT molecular complexity index is 1160. The van der Waals surface area contributed by atoms with Crippen LogP contribution in [0.4, 0.5) is 4.79 Å². The summed E-state index contributed by atoms with van der Waals surface area (Å²) in [6, 6.07) is 10.8. The van der Waals surface area contributed by atoms with Crippen molar-refractivity contribution < 1.29 is 14.6 Å². The number of pyridine rings is 2. The first kappa shape index (κ1) is 17.4. The molecule has 3 aromatic heterocycles. The first-order chi connectivity index (χ1) is 13.0. The summed E-state index contributed by atoms with van der Waals surface area (Å²) in [5, 5.41) is 8.90. The number of halogens is 2. The highest BCUT2D eigenvalue weighted by Crippen LogP contribution is 2.29. The van der Waals surface area contributed by atoms with Crippen molar-refractivity contribution >= 4 is 44.7 Å². The monoisotopic (exact) mass is 444 g/mol. The number of H-pyrrole nitrogens is 1. The van der Waals surface area contributed by atoms with Crippen molar-refractivity contribution in [1.82, 2.24) is 19.9 Å². The van der Waals surface area contributed by atoms with Crippen LogP contribution in [0.5, 0.6) is 5.75 Å². The predicted octanol–water partition coefficient (Wildman–Crippen LogP) is 5.16. The molecule has 2 N–H and O–H groups in total. The number of ether oxygens (including phenoxy) is 1. The molecule has 0 fully saturated rings. The summed E-state index contributed by atoms with van der Waals surface area (Å²) in [7, 11) is 0. The van der Waals surface area contributed by atoms with Gasteiger partial charge in [-0.15, -0.1) is 0 Å². The first-order valence-electron chi connectivity index (χ1n) is 7.68. The molecule has 27 heavy (non-hydrogen) atoms. The van der Waals surface area contributed by atoms with Crippen LogP contribution in [0.25, 0.3) is 33.8 Å². The zero-order valence-electron chi connectivity index (χ0n) is 13.5. The zero-order chi connectivity index (χ0) is 19.0. The van der Waals surface area contributed by atoms with Gasteiger partial charge in [0, 0.05) is 22.3 Å². The van der Waals surface area contributed by atoms with Crippen LogP contribution in [0.1, 0.15) is 0 Å². The van der Waals surface area contributed by atoms with E-state index in [1.54, 1.807) is 6.20 Å². The van der Waals surface area contributed by atoms with Gasteiger partial charge in [-0.1, -0.05) is 27.5 Å². The lowest BCUT2D eigenvalue weighted by atomic mass is 10.1. The number of hydrogen-bond donors (Lipinski definition) is 2. The molecule has 0 unspecified atom stereocenters. The van der Waals surface area contributed by atoms with Gasteiger partial charge < -0.3 is 14.8 Å². The molecule has 0 saturated heterocycles. The van der Waals surface area contributed by atoms with Gasteiger partial charge in [0.05, 0.1) is 27.9 Å². The third-order valence-electron chi connectivity index (χ3n) is 3.74. The van der Waals surface area contributed by atoms with Crippen LogP contribution >= 0.6 is 27.5 Å². The Morgan fingerprint density at radius 2 is 2.00 bits per heavy atom. The minimum Gasteiger partial charge on any atom is -0.449 e. The van der Waals surface area contributed by atoms with Gasteiger partial charge in [-0.2, -0.15) is 0 Å². The van der Waals surface area contributed by atoms with Crippen molar-refractivity contribution in [3.8, 4) is 28.5 Å². The molecule has 0 spiro atoms. The Labute approximate surface area is 166 Å². The van der Waals surface area contributed by atoms with E-state index in [0.29, 0.717) is 22.8 Å². The van der Waals surface area contributed by atoms with Gasteiger partial charge in [-0.05, 0) is 30.3 Å². The van der Waals surface area contributed by atoms with Crippen LogP contribution in [0.3, 0.4) is 0 Å². The maximum absolute atomic E-state index is 10.6. The Balaban J connectivity index is 1.64. The standard InChI is InChI=1S/C18H10BrClN4O3/c19-10-2-4-13-15(5-10)24-17(23-13)14-3-1-9(7-21-14)16-12(20)6-11(8-22-16)27-18(25)26/h1-8H,(H,23,24)(H,25,26). The number of fused-ring (bicyclic) bond motifs is 1. The Kier molecular flexibility index (Phi) is 4.51. The highest BCUT2D eigenvalue weighted by Gasteiger charge is 2.11. The highest BCUT2D eigenvalue weighted by atomic mass is 79.9. The Morgan fingerprint density at radius 3 is 2.70 bits per heavy atom. The van der Waals surface area contributed by atoms with Crippen molar-refractivity contribution in [2.75, 3.05) is 0 Å². The number of aromatic amines is 1. The minimum atomic E-state index is -1.43. The molecular formula is C18H10BrClN4O3. The molecule has 7 nitrogen and oxygen atoms in total. The summed E-state index contributed by atoms with van der Waals surface area (Å²) in [6.07, 6.45) is 1.49. The summed E-state index contributed by atoms with van der Waals surface area (Å²) in [4.78, 5) is 26.9. The number of hydrogen-bond acceptors (Lipinski definition) is 5. The van der Waals surface area contributed by atoms with Crippen molar-refractivity contribution in [3.05, 3.63) is 58.3 Å². The van der Waals surface area contributed by atoms with Gasteiger partial charge in [-0.3, -0.25) is 9.97 Å². The molecule has 0 aliphatic rings. The molecule has 0 bridgehead atoms. The van der Waals surface area contributed by atoms with Crippen LogP contribution in [0, 0.1) is 0 Å². The fourth-order valence-electron chi connectivity index (χ4n) is 2.57. The van der Waals surface area contributed by atoms with Gasteiger partial charge >= 0.3 is 6.16 Å². The summed E-state index contributed by atoms with van der Waals surface area (Å²) >= 11 is 9.62. The summed E-state index contributed by atoms with van der Waals surface area (Å²) < 4.78 is 5.50. The normalized spacial score (nSPS) is 10.9. The lowest BCUT2D eigenvalue weighted by molar-refractivity contribution is 0.144. The average molecular weight is 446 g/mol. The van der Waals surface area contributed by atoms with Crippen LogP contribution in [0.2, 0.25) is 5.02 Å². The van der Waals surface area contributed by atoms with Gasteiger partial charge in [0.15, 0.2) is 11.6 Å². The molecule has 0 aliphatic carbocycles. The molecule has 0 saturated carbocycles. The van der Waals surface area contributed by atoms with Crippen molar-refractivity contribution in [3.63, 3.8) is 0 Å². The third-order valence-corrected chi connectivity index (χ3v) is 4.53. The van der Waals surface area contributed by atoms with Gasteiger partial charge in [0.25, 0.3) is 0 Å². The predicted molar refractivity (Wildman–Crippen MR) is 104 cm³/mol. The second-order valence-corrected chi connectivity index (χ2v) is 6.87. The number of nitrogens with one attached hydrogen (secondary N) is 1. The maximum Gasteiger partial charge on any atom is 0.511 e. The summed E-state index contributed by atoms with van der Waals surface area (Å²) in [5.41, 5.74) is 3.58. The summed E-state index contributed by atoms with van der Waals surface area (Å²) in [5.74, 6) is 0.702. The molecule has 0 atom stereocenters. The number of rotatable bonds is 3. The lowest BCUT2D eigenvalue weighted by Gasteiger charge is -2.06. The van der Waals surface area contributed by atoms with Gasteiger partial charge in [0.1, 0.15) is 5.69 Å². The SMILES string of the molecule is O=C(O)Oc1cnc(-c2ccc(-c3nc4ccc(Br)cc4[nH]3)nc2)c(Cl)c1. The fourth-order valence-corrected chi connectivity index (χ4v) is 3.19. The smallest absolute Gasteiger partial charge is 0.449 e. The number of carboxylic acid groups (broad SMARTS) is 1. The van der Waals surface area contributed by atoms with E-state index in [4.69, 9.17) is 16.7 Å². The van der Waals surface area contributed by atoms with E-state index in [1.807, 2.05) is 30.3 Å². The molecule has 3 heterocycles. The van der Waals surface area contributed by atoms with Crippen molar-refractivity contribution in [1.29, 1.82) is 0 Å². The van der Waals surface area contributed by atoms with Crippen LogP contribution < -0.4 is 4.74 Å². The molecule has 4 aromatic rings. The first-order valence-corrected chi connectivity index (χ1v) is 8.85. The Hall–Kier alpha value is -2.97. The van der Waals surface area contributed by atoms with E-state index in [1.165, 1.54) is 12.3 Å². The molecule has 1 aromatic carbocycles. The average Bonchev–Trinajstić information content (AvgIpc) is 3.04. The number of carbonyl (C=O) groups is 1. The van der Waals surface area contributed by atoms with Crippen LogP contribution in [0.15, 0.2) is 53.3 Å². The van der Waals surface area contributed by atoms with E-state index < -0.39 is 6.16 Å². The third kappa shape index (κ3) is 3.62. The molecular weight excluding hydrogens is 436 g/mol. The number of benzene rings is 1. The van der Waals surface area contributed by atoms with E-state index in [2.05, 4.69) is 40.6 Å². The molecule has 4 rings (SSSR count). The lowest BCUT2D eigenvalue weighted by Crippen LogP contribution is -2.03. The quantitative estimate of drug-likeness (QED) is 0.422. The van der Waals surface area contributed by atoms with Crippen molar-refractivity contribution in [2.45, 2.75) is 0 Å². The molecule has 0 aliphatic heterocycles. The highest BCUT2D eigenvalue weighted by molar-refractivity contribution is 9.10. The second kappa shape index (κ2) is 6.98. The summed E-state index contributed by atoms with van der Waals surface area (Å²) in [6.45, 7) is 0. The van der Waals surface area contributed by atoms with Gasteiger partial charge in [-0.25, -0.2) is 9.78 Å². The Morgan fingerprint density at radius 1 is 1.15 bits per heavy atom. The van der Waals surface area contributed by atoms with E-state index in [9.17, 15) is 4.79 Å². The number of nitrogens with zero attached hydrogens (tertiary/aromatic N) is 3. The molecule has 0 radical (unpaired) electrons. The van der Waals surface area contributed by atoms with E-state index in [0.717, 1.165) is 15.5 Å². The van der Waals surface area contributed by atoms with E-state index in [-0.39, 0.29) is 10.8 Å². The number of imidazole rings is 1. The largest absolute Gasteiger partial charge is 0.511 e. The second-order valence-electron chi connectivity index (χ2n) is 5.55. The van der Waals surface area contributed by atoms with Gasteiger partial charge in [0.2, 0.25) is 0 Å². The zero-order valence-corrected chi connectivity index (χ0v) is 15.8. The fraction of sp³-hybridized carbons (Fsp3) is 0. The van der Waals surface area contributed by atoms with Crippen molar-refractivity contribution in [2.24, 2.45) is 0 Å². The van der Waals surface area contributed by atoms with E-state index >= 15 is 0 Å². The molecule has 0 amide bonds.